The third kappa shape index (κ3) is 6.35. The van der Waals surface area contributed by atoms with Gasteiger partial charge in [0.25, 0.3) is 0 Å². The topological polar surface area (TPSA) is 173 Å². The van der Waals surface area contributed by atoms with Crippen molar-refractivity contribution in [1.29, 1.82) is 0 Å². The fourth-order valence-electron chi connectivity index (χ4n) is 7.32. The maximum absolute atomic E-state index is 13.1. The number of carbonyl (C=O) groups is 3. The number of fused-ring (bicyclic) bond motifs is 4. The number of H-pyrrole nitrogens is 2. The third-order valence-electron chi connectivity index (χ3n) is 10.7. The van der Waals surface area contributed by atoms with Gasteiger partial charge < -0.3 is 49.4 Å². The van der Waals surface area contributed by atoms with Crippen LogP contribution in [0.25, 0.3) is 21.8 Å². The zero-order chi connectivity index (χ0) is 37.7. The number of carbonyl (C=O) groups excluding carboxylic acids is 3. The van der Waals surface area contributed by atoms with Crippen molar-refractivity contribution < 1.29 is 43.2 Å². The molecule has 6 aromatic rings. The van der Waals surface area contributed by atoms with Gasteiger partial charge in [-0.1, -0.05) is 12.1 Å². The average molecular weight is 743 g/mol. The number of anilines is 2. The molecule has 13 nitrogen and oxygen atoms in total. The quantitative estimate of drug-likeness (QED) is 0.0999. The van der Waals surface area contributed by atoms with Crippen molar-refractivity contribution in [3.05, 3.63) is 107 Å². The van der Waals surface area contributed by atoms with E-state index in [4.69, 9.17) is 23.7 Å². The number of hydrogen-bond donors (Lipinski definition) is 5. The molecule has 4 heterocycles. The molecule has 2 aliphatic heterocycles. The first-order valence-electron chi connectivity index (χ1n) is 18.2. The Labute approximate surface area is 314 Å². The van der Waals surface area contributed by atoms with Gasteiger partial charge in [0.1, 0.15) is 5.69 Å². The van der Waals surface area contributed by atoms with Crippen LogP contribution in [0.2, 0.25) is 0 Å². The van der Waals surface area contributed by atoms with Crippen molar-refractivity contribution in [2.45, 2.75) is 50.0 Å². The predicted octanol–water partition coefficient (Wildman–Crippen LogP) is 6.80. The molecule has 0 radical (unpaired) electrons. The summed E-state index contributed by atoms with van der Waals surface area (Å²) in [5.41, 5.74) is 5.19. The number of nitrogens with one attached hydrogen (secondary N) is 4. The summed E-state index contributed by atoms with van der Waals surface area (Å²) in [5, 5.41) is 17.1. The first kappa shape index (κ1) is 34.3. The summed E-state index contributed by atoms with van der Waals surface area (Å²) in [6.07, 6.45) is 3.22. The van der Waals surface area contributed by atoms with E-state index in [0.29, 0.717) is 35.2 Å². The molecule has 10 rings (SSSR count). The van der Waals surface area contributed by atoms with Gasteiger partial charge in [-0.15, -0.1) is 0 Å². The summed E-state index contributed by atoms with van der Waals surface area (Å²) in [4.78, 5) is 44.1. The monoisotopic (exact) mass is 742 g/mol. The molecule has 4 aromatic carbocycles. The Hall–Kier alpha value is -6.47. The van der Waals surface area contributed by atoms with E-state index in [1.165, 1.54) is 0 Å². The van der Waals surface area contributed by atoms with Crippen molar-refractivity contribution in [2.75, 3.05) is 30.8 Å². The molecule has 0 bridgehead atoms. The number of aliphatic hydroxyl groups excluding tert-OH is 1. The van der Waals surface area contributed by atoms with E-state index < -0.39 is 16.8 Å². The molecule has 5 N–H and O–H groups in total. The van der Waals surface area contributed by atoms with Crippen molar-refractivity contribution in [3.8, 4) is 23.0 Å². The highest BCUT2D eigenvalue weighted by Gasteiger charge is 2.52. The Kier molecular flexibility index (Phi) is 8.38. The van der Waals surface area contributed by atoms with Gasteiger partial charge in [-0.3, -0.25) is 9.59 Å². The lowest BCUT2D eigenvalue weighted by atomic mass is 9.94. The number of aromatic nitrogens is 2. The molecule has 2 aromatic heterocycles. The van der Waals surface area contributed by atoms with Crippen molar-refractivity contribution in [2.24, 2.45) is 0 Å². The van der Waals surface area contributed by atoms with Crippen LogP contribution < -0.4 is 29.6 Å². The second kappa shape index (κ2) is 13.4. The second-order valence-electron chi connectivity index (χ2n) is 14.2. The molecule has 4 aliphatic rings. The van der Waals surface area contributed by atoms with Crippen LogP contribution in [-0.4, -0.2) is 53.1 Å². The van der Waals surface area contributed by atoms with Gasteiger partial charge in [-0.25, -0.2) is 4.79 Å². The number of ether oxygens (including phenoxy) is 5. The Morgan fingerprint density at radius 2 is 1.16 bits per heavy atom. The largest absolute Gasteiger partial charge is 0.461 e. The predicted molar refractivity (Wildman–Crippen MR) is 203 cm³/mol. The van der Waals surface area contributed by atoms with E-state index in [1.807, 2.05) is 78.9 Å². The molecule has 0 saturated heterocycles. The van der Waals surface area contributed by atoms with Crippen LogP contribution >= 0.6 is 0 Å². The lowest BCUT2D eigenvalue weighted by Crippen LogP contribution is -2.27. The standard InChI is InChI=1S/C22H20N2O5.C20H18N2O4/c1-2-27-20(25)17-10-13-9-15(4-5-16(13)24-17)23-21(26)22(7-8-22)14-3-6-18-19(11-14)29-12-28-18;23-10-15-8-12-7-14(2-3-16(12)21-15)22-19(24)20(5-6-20)13-1-4-17-18(9-13)26-11-25-17/h3-6,9-11,24H,2,7-8,12H2,1H3,(H,23,26);1-4,7-9,21,23H,5-6,10-11H2,(H,22,24). The molecular weight excluding hydrogens is 704 g/mol. The van der Waals surface area contributed by atoms with Crippen molar-refractivity contribution in [1.82, 2.24) is 9.97 Å². The maximum atomic E-state index is 13.1. The average Bonchev–Trinajstić information content (AvgIpc) is 3.90. The Bertz CT molecular complexity index is 2490. The highest BCUT2D eigenvalue weighted by atomic mass is 16.7. The van der Waals surface area contributed by atoms with Crippen molar-refractivity contribution >= 4 is 51.0 Å². The van der Waals surface area contributed by atoms with Crippen LogP contribution in [0.4, 0.5) is 11.4 Å². The van der Waals surface area contributed by atoms with Gasteiger partial charge >= 0.3 is 5.97 Å². The SMILES string of the molecule is CCOC(=O)c1cc2cc(NC(=O)C3(c4ccc5c(c4)OCO5)CC3)ccc2[nH]1.O=C(Nc1ccc2[nH]c(CO)cc2c1)C1(c2ccc3c(c2)OCO3)CC1. The third-order valence-corrected chi connectivity index (χ3v) is 10.7. The smallest absolute Gasteiger partial charge is 0.354 e. The lowest BCUT2D eigenvalue weighted by molar-refractivity contribution is -0.119. The van der Waals surface area contributed by atoms with E-state index in [2.05, 4.69) is 20.6 Å². The molecule has 280 valence electrons. The van der Waals surface area contributed by atoms with E-state index in [0.717, 1.165) is 75.7 Å². The molecule has 55 heavy (non-hydrogen) atoms. The summed E-state index contributed by atoms with van der Waals surface area (Å²) in [5.74, 6) is 2.37. The number of hydrogen-bond acceptors (Lipinski definition) is 9. The van der Waals surface area contributed by atoms with Crippen LogP contribution in [0.5, 0.6) is 23.0 Å². The van der Waals surface area contributed by atoms with Gasteiger partial charge in [0.2, 0.25) is 25.4 Å². The van der Waals surface area contributed by atoms with Crippen LogP contribution in [-0.2, 0) is 31.8 Å². The summed E-state index contributed by atoms with van der Waals surface area (Å²) in [7, 11) is 0. The molecule has 2 fully saturated rings. The Morgan fingerprint density at radius 3 is 1.67 bits per heavy atom. The number of esters is 1. The maximum Gasteiger partial charge on any atom is 0.354 e. The number of aromatic amines is 2. The van der Waals surface area contributed by atoms with E-state index in [9.17, 15) is 19.5 Å². The molecule has 2 amide bonds. The Morgan fingerprint density at radius 1 is 0.655 bits per heavy atom. The van der Waals surface area contributed by atoms with Gasteiger partial charge in [0, 0.05) is 38.9 Å². The van der Waals surface area contributed by atoms with E-state index in [-0.39, 0.29) is 32.0 Å². The minimum atomic E-state index is -0.538. The second-order valence-corrected chi connectivity index (χ2v) is 14.2. The lowest BCUT2D eigenvalue weighted by Gasteiger charge is -2.16. The normalized spacial score (nSPS) is 16.3. The number of aliphatic hydroxyl groups is 1. The summed E-state index contributed by atoms with van der Waals surface area (Å²) in [6.45, 7) is 2.48. The number of rotatable bonds is 9. The minimum Gasteiger partial charge on any atom is -0.461 e. The molecule has 2 aliphatic carbocycles. The number of amides is 2. The molecule has 0 unspecified atom stereocenters. The fraction of sp³-hybridized carbons (Fsp3) is 0.262. The van der Waals surface area contributed by atoms with E-state index >= 15 is 0 Å². The van der Waals surface area contributed by atoms with Gasteiger partial charge in [-0.05, 0) is 117 Å². The van der Waals surface area contributed by atoms with Gasteiger partial charge in [0.15, 0.2) is 23.0 Å². The molecular formula is C42H38N4O9. The van der Waals surface area contributed by atoms with Gasteiger partial charge in [0.05, 0.1) is 24.0 Å². The molecule has 13 heteroatoms. The first-order valence-corrected chi connectivity index (χ1v) is 18.2. The molecule has 0 atom stereocenters. The summed E-state index contributed by atoms with van der Waals surface area (Å²) < 4.78 is 26.6. The van der Waals surface area contributed by atoms with Crippen molar-refractivity contribution in [3.63, 3.8) is 0 Å². The van der Waals surface area contributed by atoms with E-state index in [1.54, 1.807) is 13.0 Å². The van der Waals surface area contributed by atoms with Crippen LogP contribution in [0.3, 0.4) is 0 Å². The van der Waals surface area contributed by atoms with Gasteiger partial charge in [-0.2, -0.15) is 0 Å². The Balaban J connectivity index is 0.000000145. The fourth-order valence-corrected chi connectivity index (χ4v) is 7.32. The highest BCUT2D eigenvalue weighted by Crippen LogP contribution is 2.52. The van der Waals surface area contributed by atoms with Crippen LogP contribution in [0.15, 0.2) is 84.9 Å². The number of benzene rings is 4. The first-order chi connectivity index (χ1) is 26.8. The molecule has 0 spiro atoms. The summed E-state index contributed by atoms with van der Waals surface area (Å²) >= 11 is 0. The zero-order valence-corrected chi connectivity index (χ0v) is 30.0. The summed E-state index contributed by atoms with van der Waals surface area (Å²) in [6, 6.07) is 26.2. The van der Waals surface area contributed by atoms with Crippen LogP contribution in [0.1, 0.15) is 59.9 Å². The molecule has 2 saturated carbocycles. The van der Waals surface area contributed by atoms with Crippen LogP contribution in [0, 0.1) is 0 Å². The minimum absolute atomic E-state index is 0.00590. The zero-order valence-electron chi connectivity index (χ0n) is 30.0. The highest BCUT2D eigenvalue weighted by molar-refractivity contribution is 6.04.